The minimum atomic E-state index is -0.633. The van der Waals surface area contributed by atoms with E-state index >= 15 is 4.39 Å². The Kier molecular flexibility index (Phi) is 6.04. The molecule has 3 N–H and O–H groups in total. The van der Waals surface area contributed by atoms with Gasteiger partial charge in [0.15, 0.2) is 5.82 Å². The van der Waals surface area contributed by atoms with E-state index in [9.17, 15) is 5.26 Å². The Morgan fingerprint density at radius 1 is 1.26 bits per heavy atom. The first-order valence-corrected chi connectivity index (χ1v) is 11.5. The summed E-state index contributed by atoms with van der Waals surface area (Å²) in [6.45, 7) is 7.54. The average Bonchev–Trinajstić information content (AvgIpc) is 2.85. The highest BCUT2D eigenvalue weighted by molar-refractivity contribution is 5.96. The molecule has 0 bridgehead atoms. The third-order valence-electron chi connectivity index (χ3n) is 6.94. The molecule has 0 unspecified atom stereocenters. The van der Waals surface area contributed by atoms with Crippen molar-refractivity contribution < 1.29 is 9.13 Å². The molecule has 176 valence electrons. The smallest absolute Gasteiger partial charge is 0.158 e. The number of hydrogen-bond donors (Lipinski definition) is 2. The minimum Gasteiger partial charge on any atom is -0.369 e. The van der Waals surface area contributed by atoms with E-state index in [0.29, 0.717) is 40.6 Å². The number of nitrogens with two attached hydrogens (primary N) is 1. The number of benzene rings is 2. The Labute approximate surface area is 198 Å². The maximum Gasteiger partial charge on any atom is 0.158 e. The van der Waals surface area contributed by atoms with Crippen molar-refractivity contribution in [2.45, 2.75) is 32.5 Å². The van der Waals surface area contributed by atoms with Gasteiger partial charge in [-0.2, -0.15) is 10.4 Å². The zero-order chi connectivity index (χ0) is 23.8. The summed E-state index contributed by atoms with van der Waals surface area (Å²) in [5, 5.41) is 22.1. The molecule has 2 atom stereocenters. The second-order valence-electron chi connectivity index (χ2n) is 8.98. The first-order chi connectivity index (χ1) is 16.5. The fourth-order valence-electron chi connectivity index (χ4n) is 4.97. The van der Waals surface area contributed by atoms with Crippen molar-refractivity contribution in [3.63, 3.8) is 0 Å². The van der Waals surface area contributed by atoms with Gasteiger partial charge in [0, 0.05) is 48.7 Å². The van der Waals surface area contributed by atoms with Crippen LogP contribution in [-0.2, 0) is 4.74 Å². The standard InChI is InChI=1S/C25H28FN7O/c1-15-17(12-27)4-3-5-20(15)24(28)29-25-21-10-19(11-22(26)23(21)16(2)30-31-25)32-7-8-33-14-34-9-6-18(33)13-32/h3-5,10-11,18,24H,6-9,13-14,28H2,1-2H3,(H,29,31)/t18-,24+/m1/s1. The molecule has 2 aliphatic rings. The predicted molar refractivity (Wildman–Crippen MR) is 129 cm³/mol. The number of nitrogens with one attached hydrogen (secondary N) is 1. The van der Waals surface area contributed by atoms with Gasteiger partial charge in [-0.05, 0) is 49.6 Å². The van der Waals surface area contributed by atoms with Crippen LogP contribution in [0.1, 0.15) is 35.0 Å². The lowest BCUT2D eigenvalue weighted by Gasteiger charge is -2.44. The van der Waals surface area contributed by atoms with E-state index in [1.54, 1.807) is 25.1 Å². The van der Waals surface area contributed by atoms with Crippen LogP contribution in [-0.4, -0.2) is 54.1 Å². The van der Waals surface area contributed by atoms with Gasteiger partial charge in [0.25, 0.3) is 0 Å². The van der Waals surface area contributed by atoms with Crippen LogP contribution >= 0.6 is 0 Å². The number of hydrogen-bond acceptors (Lipinski definition) is 8. The van der Waals surface area contributed by atoms with Crippen LogP contribution in [0, 0.1) is 31.0 Å². The van der Waals surface area contributed by atoms with Crippen LogP contribution in [0.25, 0.3) is 10.8 Å². The molecule has 0 amide bonds. The summed E-state index contributed by atoms with van der Waals surface area (Å²) in [5.41, 5.74) is 9.95. The van der Waals surface area contributed by atoms with Crippen molar-refractivity contribution in [2.24, 2.45) is 5.73 Å². The number of rotatable bonds is 4. The lowest BCUT2D eigenvalue weighted by atomic mass is 10.0. The van der Waals surface area contributed by atoms with Gasteiger partial charge in [-0.15, -0.1) is 5.10 Å². The van der Waals surface area contributed by atoms with Gasteiger partial charge in [0.2, 0.25) is 0 Å². The normalized spacial score (nSPS) is 19.5. The summed E-state index contributed by atoms with van der Waals surface area (Å²) >= 11 is 0. The summed E-state index contributed by atoms with van der Waals surface area (Å²) in [7, 11) is 0. The lowest BCUT2D eigenvalue weighted by Crippen LogP contribution is -2.56. The fourth-order valence-corrected chi connectivity index (χ4v) is 4.97. The summed E-state index contributed by atoms with van der Waals surface area (Å²) in [4.78, 5) is 4.58. The van der Waals surface area contributed by atoms with Crippen molar-refractivity contribution in [1.29, 1.82) is 5.26 Å². The second-order valence-corrected chi connectivity index (χ2v) is 8.98. The SMILES string of the molecule is Cc1c(C#N)cccc1[C@@H](N)Nc1nnc(C)c2c(F)cc(N3CCN4COCC[C@@H]4C3)cc12. The van der Waals surface area contributed by atoms with E-state index in [-0.39, 0.29) is 5.82 Å². The van der Waals surface area contributed by atoms with Crippen molar-refractivity contribution in [2.75, 3.05) is 43.2 Å². The van der Waals surface area contributed by atoms with Gasteiger partial charge in [-0.25, -0.2) is 4.39 Å². The zero-order valence-corrected chi connectivity index (χ0v) is 19.4. The maximum atomic E-state index is 15.4. The quantitative estimate of drug-likeness (QED) is 0.571. The highest BCUT2D eigenvalue weighted by Crippen LogP contribution is 2.33. The van der Waals surface area contributed by atoms with Crippen molar-refractivity contribution in [1.82, 2.24) is 15.1 Å². The van der Waals surface area contributed by atoms with E-state index in [1.165, 1.54) is 0 Å². The summed E-state index contributed by atoms with van der Waals surface area (Å²) in [5.74, 6) is 0.0916. The number of halogens is 1. The number of fused-ring (bicyclic) bond motifs is 2. The maximum absolute atomic E-state index is 15.4. The summed E-state index contributed by atoms with van der Waals surface area (Å²) in [6.07, 6.45) is 0.339. The van der Waals surface area contributed by atoms with Crippen LogP contribution in [0.3, 0.4) is 0 Å². The third kappa shape index (κ3) is 4.05. The molecule has 0 saturated carbocycles. The molecule has 2 saturated heterocycles. The molecule has 0 aliphatic carbocycles. The van der Waals surface area contributed by atoms with Gasteiger partial charge in [-0.3, -0.25) is 4.90 Å². The first-order valence-electron chi connectivity index (χ1n) is 11.5. The molecule has 3 aromatic rings. The van der Waals surface area contributed by atoms with Gasteiger partial charge >= 0.3 is 0 Å². The zero-order valence-electron chi connectivity index (χ0n) is 19.4. The molecule has 5 rings (SSSR count). The molecule has 9 heteroatoms. The molecular weight excluding hydrogens is 433 g/mol. The molecule has 1 aromatic heterocycles. The number of aromatic nitrogens is 2. The lowest BCUT2D eigenvalue weighted by molar-refractivity contribution is -0.0511. The molecule has 0 spiro atoms. The Hall–Kier alpha value is -3.32. The third-order valence-corrected chi connectivity index (χ3v) is 6.94. The Morgan fingerprint density at radius 2 is 2.12 bits per heavy atom. The van der Waals surface area contributed by atoms with E-state index in [2.05, 4.69) is 31.4 Å². The predicted octanol–water partition coefficient (Wildman–Crippen LogP) is 3.20. The number of aryl methyl sites for hydroxylation is 1. The Morgan fingerprint density at radius 3 is 2.94 bits per heavy atom. The molecular formula is C25H28FN7O. The van der Waals surface area contributed by atoms with Crippen molar-refractivity contribution >= 4 is 22.3 Å². The number of anilines is 2. The van der Waals surface area contributed by atoms with E-state index in [1.807, 2.05) is 19.1 Å². The molecule has 2 aliphatic heterocycles. The molecule has 3 heterocycles. The highest BCUT2D eigenvalue weighted by atomic mass is 19.1. The average molecular weight is 462 g/mol. The van der Waals surface area contributed by atoms with Crippen molar-refractivity contribution in [3.8, 4) is 6.07 Å². The van der Waals surface area contributed by atoms with Crippen LogP contribution in [0.15, 0.2) is 30.3 Å². The van der Waals surface area contributed by atoms with Gasteiger partial charge in [-0.1, -0.05) is 12.1 Å². The molecule has 0 radical (unpaired) electrons. The number of piperazine rings is 1. The number of nitrogens with zero attached hydrogens (tertiary/aromatic N) is 5. The van der Waals surface area contributed by atoms with E-state index in [0.717, 1.165) is 49.5 Å². The summed E-state index contributed by atoms with van der Waals surface area (Å²) < 4.78 is 21.0. The Balaban J connectivity index is 1.50. The highest BCUT2D eigenvalue weighted by Gasteiger charge is 2.30. The topological polar surface area (TPSA) is 103 Å². The largest absolute Gasteiger partial charge is 0.369 e. The number of ether oxygens (including phenoxy) is 1. The van der Waals surface area contributed by atoms with Crippen LogP contribution in [0.5, 0.6) is 0 Å². The summed E-state index contributed by atoms with van der Waals surface area (Å²) in [6, 6.07) is 11.6. The van der Waals surface area contributed by atoms with Gasteiger partial charge < -0.3 is 20.7 Å². The van der Waals surface area contributed by atoms with Crippen LogP contribution in [0.4, 0.5) is 15.9 Å². The fraction of sp³-hybridized carbons (Fsp3) is 0.400. The van der Waals surface area contributed by atoms with Gasteiger partial charge in [0.1, 0.15) is 12.0 Å². The van der Waals surface area contributed by atoms with Crippen LogP contribution < -0.4 is 16.0 Å². The minimum absolute atomic E-state index is 0.325. The first kappa shape index (κ1) is 22.5. The molecule has 2 fully saturated rings. The van der Waals surface area contributed by atoms with E-state index < -0.39 is 6.17 Å². The molecule has 2 aromatic carbocycles. The monoisotopic (exact) mass is 461 g/mol. The van der Waals surface area contributed by atoms with Crippen molar-refractivity contribution in [3.05, 3.63) is 58.5 Å². The Bertz CT molecular complexity index is 1270. The molecule has 34 heavy (non-hydrogen) atoms. The van der Waals surface area contributed by atoms with Crippen LogP contribution in [0.2, 0.25) is 0 Å². The second kappa shape index (κ2) is 9.14. The van der Waals surface area contributed by atoms with Gasteiger partial charge in [0.05, 0.1) is 24.1 Å². The van der Waals surface area contributed by atoms with E-state index in [4.69, 9.17) is 10.5 Å². The number of nitriles is 1. The molecule has 8 nitrogen and oxygen atoms in total.